The molecule has 1 heterocycles. The second-order valence-corrected chi connectivity index (χ2v) is 8.23. The van der Waals surface area contributed by atoms with Crippen LogP contribution in [-0.4, -0.2) is 28.3 Å². The van der Waals surface area contributed by atoms with Crippen LogP contribution < -0.4 is 5.73 Å². The van der Waals surface area contributed by atoms with Crippen LogP contribution in [0.1, 0.15) is 52.5 Å². The smallest absolute Gasteiger partial charge is 0.150 e. The van der Waals surface area contributed by atoms with Crippen molar-refractivity contribution < 1.29 is 4.39 Å². The third kappa shape index (κ3) is 4.79. The Morgan fingerprint density at radius 2 is 1.97 bits per heavy atom. The summed E-state index contributed by atoms with van der Waals surface area (Å²) in [5.74, 6) is 0.728. The van der Waals surface area contributed by atoms with Crippen LogP contribution in [0, 0.1) is 11.7 Å². The van der Waals surface area contributed by atoms with Gasteiger partial charge >= 0.3 is 0 Å². The quantitative estimate of drug-likeness (QED) is 0.348. The maximum absolute atomic E-state index is 13.2. The molecule has 1 aliphatic heterocycles. The topological polar surface area (TPSA) is 66.3 Å². The number of amidine groups is 1. The molecule has 2 aliphatic rings. The summed E-state index contributed by atoms with van der Waals surface area (Å²) in [5, 5.41) is 6.87. The molecule has 6 heteroatoms. The second-order valence-electron chi connectivity index (χ2n) is 8.23. The van der Waals surface area contributed by atoms with Gasteiger partial charge in [-0.1, -0.05) is 25.7 Å². The number of hydrogen-bond donors (Lipinski definition) is 1. The number of rotatable bonds is 6. The van der Waals surface area contributed by atoms with Crippen LogP contribution in [0.15, 0.2) is 81.6 Å². The first-order chi connectivity index (χ1) is 15.3. The molecule has 0 spiro atoms. The van der Waals surface area contributed by atoms with Gasteiger partial charge in [0, 0.05) is 41.0 Å². The summed E-state index contributed by atoms with van der Waals surface area (Å²) in [4.78, 5) is 9.23. The van der Waals surface area contributed by atoms with Gasteiger partial charge in [-0.05, 0) is 75.4 Å². The molecule has 1 fully saturated rings. The van der Waals surface area contributed by atoms with Gasteiger partial charge in [-0.3, -0.25) is 4.99 Å². The van der Waals surface area contributed by atoms with Gasteiger partial charge in [-0.2, -0.15) is 5.10 Å². The van der Waals surface area contributed by atoms with E-state index < -0.39 is 0 Å². The number of nitrogens with two attached hydrogens (primary N) is 1. The van der Waals surface area contributed by atoms with Crippen LogP contribution >= 0.6 is 0 Å². The zero-order valence-corrected chi connectivity index (χ0v) is 19.4. The Hall–Kier alpha value is -3.28. The molecule has 2 N–H and O–H groups in total. The van der Waals surface area contributed by atoms with E-state index in [1.54, 1.807) is 12.1 Å². The number of hydrogen-bond acceptors (Lipinski definition) is 4. The monoisotopic (exact) mass is 433 g/mol. The van der Waals surface area contributed by atoms with E-state index in [1.807, 2.05) is 31.9 Å². The minimum absolute atomic E-state index is 0.251. The second kappa shape index (κ2) is 9.90. The largest absolute Gasteiger partial charge is 0.398 e. The Morgan fingerprint density at radius 1 is 1.28 bits per heavy atom. The molecule has 32 heavy (non-hydrogen) atoms. The van der Waals surface area contributed by atoms with Crippen molar-refractivity contribution >= 4 is 23.0 Å². The summed E-state index contributed by atoms with van der Waals surface area (Å²) in [7, 11) is 0. The predicted octanol–water partition coefficient (Wildman–Crippen LogP) is 5.84. The molecule has 0 radical (unpaired) electrons. The van der Waals surface area contributed by atoms with Gasteiger partial charge < -0.3 is 5.73 Å². The van der Waals surface area contributed by atoms with E-state index >= 15 is 0 Å². The number of fused-ring (bicyclic) bond motifs is 1. The minimum atomic E-state index is -0.290. The van der Waals surface area contributed by atoms with Gasteiger partial charge in [0.05, 0.1) is 6.04 Å². The fraction of sp³-hybridized carbons (Fsp3) is 0.346. The summed E-state index contributed by atoms with van der Waals surface area (Å²) in [5.41, 5.74) is 12.4. The molecule has 0 aromatic heterocycles. The lowest BCUT2D eigenvalue weighted by atomic mass is 9.94. The van der Waals surface area contributed by atoms with E-state index in [0.29, 0.717) is 11.6 Å². The fourth-order valence-corrected chi connectivity index (χ4v) is 4.30. The van der Waals surface area contributed by atoms with Crippen molar-refractivity contribution in [3.05, 3.63) is 77.9 Å². The normalized spacial score (nSPS) is 22.7. The molecule has 2 atom stereocenters. The average molecular weight is 434 g/mol. The molecule has 5 nitrogen and oxygen atoms in total. The molecule has 0 bridgehead atoms. The predicted molar refractivity (Wildman–Crippen MR) is 133 cm³/mol. The average Bonchev–Trinajstić information content (AvgIpc) is 3.33. The van der Waals surface area contributed by atoms with Gasteiger partial charge in [0.1, 0.15) is 5.82 Å². The highest BCUT2D eigenvalue weighted by Crippen LogP contribution is 2.40. The van der Waals surface area contributed by atoms with Gasteiger partial charge in [0.2, 0.25) is 0 Å². The molecule has 0 amide bonds. The first kappa shape index (κ1) is 23.4. The first-order valence-corrected chi connectivity index (χ1v) is 11.0. The molecule has 1 aromatic carbocycles. The van der Waals surface area contributed by atoms with Gasteiger partial charge in [-0.15, -0.1) is 0 Å². The number of benzene rings is 1. The lowest BCUT2D eigenvalue weighted by Gasteiger charge is -2.22. The van der Waals surface area contributed by atoms with Crippen molar-refractivity contribution in [1.29, 1.82) is 0 Å². The highest BCUT2D eigenvalue weighted by Gasteiger charge is 2.43. The molecular weight excluding hydrogens is 401 g/mol. The van der Waals surface area contributed by atoms with Gasteiger partial charge in [0.15, 0.2) is 5.84 Å². The minimum Gasteiger partial charge on any atom is -0.398 e. The fourth-order valence-electron chi connectivity index (χ4n) is 4.30. The molecule has 168 valence electrons. The van der Waals surface area contributed by atoms with E-state index in [2.05, 4.69) is 25.1 Å². The van der Waals surface area contributed by atoms with Crippen LogP contribution in [0.4, 0.5) is 4.39 Å². The van der Waals surface area contributed by atoms with E-state index in [1.165, 1.54) is 23.9 Å². The zero-order chi connectivity index (χ0) is 23.4. The van der Waals surface area contributed by atoms with Crippen molar-refractivity contribution in [2.24, 2.45) is 26.7 Å². The number of hydrazone groups is 1. The van der Waals surface area contributed by atoms with Gasteiger partial charge in [-0.25, -0.2) is 14.4 Å². The molecule has 2 unspecified atom stereocenters. The van der Waals surface area contributed by atoms with E-state index in [4.69, 9.17) is 15.8 Å². The van der Waals surface area contributed by atoms with Crippen LogP contribution in [-0.2, 0) is 0 Å². The summed E-state index contributed by atoms with van der Waals surface area (Å²) in [6, 6.07) is 6.39. The zero-order valence-electron chi connectivity index (χ0n) is 19.4. The summed E-state index contributed by atoms with van der Waals surface area (Å²) in [6.45, 7) is 15.9. The van der Waals surface area contributed by atoms with Crippen molar-refractivity contribution in [2.75, 3.05) is 0 Å². The van der Waals surface area contributed by atoms with E-state index in [0.717, 1.165) is 53.4 Å². The van der Waals surface area contributed by atoms with Crippen LogP contribution in [0.25, 0.3) is 5.70 Å². The molecule has 1 aliphatic carbocycles. The molecule has 3 rings (SSSR count). The van der Waals surface area contributed by atoms with Crippen molar-refractivity contribution in [2.45, 2.75) is 53.0 Å². The molecule has 0 saturated heterocycles. The Labute approximate surface area is 190 Å². The molecule has 1 aromatic rings. The van der Waals surface area contributed by atoms with E-state index in [-0.39, 0.29) is 11.9 Å². The maximum Gasteiger partial charge on any atom is 0.150 e. The molecular formula is C26H32FN5. The third-order valence-corrected chi connectivity index (χ3v) is 6.10. The van der Waals surface area contributed by atoms with E-state index in [9.17, 15) is 4.39 Å². The summed E-state index contributed by atoms with van der Waals surface area (Å²) >= 11 is 0. The number of nitrogens with zero attached hydrogens (tertiary/aromatic N) is 4. The standard InChI is InChI=1S/C26H32FN5/c1-7-22-25-16(3)9-14-23(25)32(31-22)24(29-8-2)15-17(4)30-19(6)18(5)26(28)20-10-12-21(27)13-11-20/h8,10-13,15,23,25H,2-3,7,9,14,28H2,1,4-6H3/b17-15+,26-18?,29-24?,30-19?. The van der Waals surface area contributed by atoms with Gasteiger partial charge in [0.25, 0.3) is 0 Å². The highest BCUT2D eigenvalue weighted by molar-refractivity contribution is 6.05. The SMILES string of the molecule is C=CN=C(/C=C(\C)N=C(C)C(C)=C(N)c1ccc(F)cc1)N1N=C(CC)C2C(=C)CCC21. The van der Waals surface area contributed by atoms with Crippen molar-refractivity contribution in [1.82, 2.24) is 5.01 Å². The maximum atomic E-state index is 13.2. The Kier molecular flexibility index (Phi) is 7.23. The first-order valence-electron chi connectivity index (χ1n) is 11.0. The van der Waals surface area contributed by atoms with Crippen LogP contribution in [0.3, 0.4) is 0 Å². The Bertz CT molecular complexity index is 1060. The van der Waals surface area contributed by atoms with Crippen LogP contribution in [0.5, 0.6) is 0 Å². The molecule has 1 saturated carbocycles. The number of halogens is 1. The number of allylic oxidation sites excluding steroid dienone is 2. The van der Waals surface area contributed by atoms with Crippen molar-refractivity contribution in [3.8, 4) is 0 Å². The Morgan fingerprint density at radius 3 is 2.59 bits per heavy atom. The highest BCUT2D eigenvalue weighted by atomic mass is 19.1. The Balaban J connectivity index is 1.89. The van der Waals surface area contributed by atoms with Crippen molar-refractivity contribution in [3.63, 3.8) is 0 Å². The van der Waals surface area contributed by atoms with Crippen LogP contribution in [0.2, 0.25) is 0 Å². The third-order valence-electron chi connectivity index (χ3n) is 6.10. The summed E-state index contributed by atoms with van der Waals surface area (Å²) < 4.78 is 13.2. The lowest BCUT2D eigenvalue weighted by Crippen LogP contribution is -2.33. The number of aliphatic imine (C=N–C) groups is 2. The summed E-state index contributed by atoms with van der Waals surface area (Å²) in [6.07, 6.45) is 6.37. The lowest BCUT2D eigenvalue weighted by molar-refractivity contribution is 0.343.